The molecule has 0 unspecified atom stereocenters. The molecule has 142 valence electrons. The van der Waals surface area contributed by atoms with Crippen LogP contribution in [0.15, 0.2) is 36.1 Å². The first kappa shape index (κ1) is 18.1. The van der Waals surface area contributed by atoms with Gasteiger partial charge < -0.3 is 14.2 Å². The predicted octanol–water partition coefficient (Wildman–Crippen LogP) is 2.00. The van der Waals surface area contributed by atoms with E-state index in [0.29, 0.717) is 18.7 Å². The van der Waals surface area contributed by atoms with Gasteiger partial charge in [-0.25, -0.2) is 9.97 Å². The summed E-state index contributed by atoms with van der Waals surface area (Å²) in [4.78, 5) is 26.2. The monoisotopic (exact) mass is 385 g/mol. The van der Waals surface area contributed by atoms with E-state index >= 15 is 0 Å². The van der Waals surface area contributed by atoms with E-state index in [1.54, 1.807) is 17.5 Å². The number of amides is 1. The highest BCUT2D eigenvalue weighted by atomic mass is 32.1. The average molecular weight is 385 g/mol. The molecule has 1 aromatic carbocycles. The lowest BCUT2D eigenvalue weighted by atomic mass is 10.2. The number of nitrogens with zero attached hydrogens (tertiary/aromatic N) is 5. The van der Waals surface area contributed by atoms with Crippen molar-refractivity contribution in [2.45, 2.75) is 6.54 Å². The maximum Gasteiger partial charge on any atom is 0.254 e. The topological polar surface area (TPSA) is 63.5 Å². The Kier molecular flexibility index (Phi) is 5.47. The highest BCUT2D eigenvalue weighted by Crippen LogP contribution is 2.20. The minimum atomic E-state index is 0.0292. The molecule has 1 aliphatic rings. The summed E-state index contributed by atoms with van der Waals surface area (Å²) in [5, 5.41) is 0. The molecule has 0 saturated carbocycles. The molecular weight excluding hydrogens is 362 g/mol. The zero-order valence-corrected chi connectivity index (χ0v) is 16.2. The largest absolute Gasteiger partial charge is 0.379 e. The van der Waals surface area contributed by atoms with Crippen molar-refractivity contribution in [2.75, 3.05) is 39.4 Å². The first-order chi connectivity index (χ1) is 13.2. The Morgan fingerprint density at radius 2 is 2.15 bits per heavy atom. The summed E-state index contributed by atoms with van der Waals surface area (Å²) < 4.78 is 8.41. The average Bonchev–Trinajstić information content (AvgIpc) is 3.33. The number of imidazole rings is 1. The van der Waals surface area contributed by atoms with Crippen LogP contribution in [-0.4, -0.2) is 69.6 Å². The van der Waals surface area contributed by atoms with Gasteiger partial charge in [0.1, 0.15) is 5.82 Å². The summed E-state index contributed by atoms with van der Waals surface area (Å²) >= 11 is 1.55. The molecule has 2 aromatic heterocycles. The van der Waals surface area contributed by atoms with Gasteiger partial charge in [-0.15, -0.1) is 11.3 Å². The van der Waals surface area contributed by atoms with Gasteiger partial charge in [0.2, 0.25) is 0 Å². The van der Waals surface area contributed by atoms with E-state index in [-0.39, 0.29) is 5.91 Å². The Hall–Kier alpha value is -2.29. The van der Waals surface area contributed by atoms with Crippen molar-refractivity contribution in [2.24, 2.45) is 7.05 Å². The number of morpholine rings is 1. The Morgan fingerprint density at radius 3 is 2.93 bits per heavy atom. The maximum atomic E-state index is 13.3. The molecule has 0 aliphatic carbocycles. The summed E-state index contributed by atoms with van der Waals surface area (Å²) in [5.74, 6) is 0.908. The molecule has 0 bridgehead atoms. The van der Waals surface area contributed by atoms with Gasteiger partial charge in [-0.3, -0.25) is 9.69 Å². The van der Waals surface area contributed by atoms with E-state index in [0.717, 1.165) is 48.9 Å². The lowest BCUT2D eigenvalue weighted by Crippen LogP contribution is -2.43. The fourth-order valence-corrected chi connectivity index (χ4v) is 3.95. The van der Waals surface area contributed by atoms with E-state index in [1.807, 2.05) is 46.4 Å². The van der Waals surface area contributed by atoms with Crippen molar-refractivity contribution in [3.05, 3.63) is 47.5 Å². The first-order valence-electron chi connectivity index (χ1n) is 9.09. The number of ether oxygens (including phenoxy) is 1. The Morgan fingerprint density at radius 1 is 1.30 bits per heavy atom. The van der Waals surface area contributed by atoms with Crippen LogP contribution in [0.4, 0.5) is 0 Å². The van der Waals surface area contributed by atoms with Crippen LogP contribution < -0.4 is 0 Å². The third-order valence-electron chi connectivity index (χ3n) is 4.91. The summed E-state index contributed by atoms with van der Waals surface area (Å²) in [6.45, 7) is 5.33. The van der Waals surface area contributed by atoms with Crippen LogP contribution in [0.1, 0.15) is 16.2 Å². The van der Waals surface area contributed by atoms with E-state index < -0.39 is 0 Å². The number of aryl methyl sites for hydroxylation is 1. The number of hydrogen-bond acceptors (Lipinski definition) is 6. The van der Waals surface area contributed by atoms with Crippen LogP contribution >= 0.6 is 11.3 Å². The highest BCUT2D eigenvalue weighted by Gasteiger charge is 2.20. The van der Waals surface area contributed by atoms with E-state index in [4.69, 9.17) is 4.74 Å². The van der Waals surface area contributed by atoms with Crippen LogP contribution in [0.5, 0.6) is 0 Å². The fraction of sp³-hybridized carbons (Fsp3) is 0.421. The quantitative estimate of drug-likeness (QED) is 0.649. The van der Waals surface area contributed by atoms with Gasteiger partial charge in [0.15, 0.2) is 0 Å². The lowest BCUT2D eigenvalue weighted by Gasteiger charge is -2.30. The molecule has 8 heteroatoms. The summed E-state index contributed by atoms with van der Waals surface area (Å²) in [6.07, 6.45) is 3.67. The molecule has 27 heavy (non-hydrogen) atoms. The first-order valence-corrected chi connectivity index (χ1v) is 9.97. The van der Waals surface area contributed by atoms with Crippen molar-refractivity contribution in [1.82, 2.24) is 24.3 Å². The highest BCUT2D eigenvalue weighted by molar-refractivity contribution is 7.16. The fourth-order valence-electron chi connectivity index (χ4n) is 3.23. The summed E-state index contributed by atoms with van der Waals surface area (Å²) in [6, 6.07) is 5.72. The molecule has 1 amide bonds. The number of fused-ring (bicyclic) bond motifs is 1. The van der Waals surface area contributed by atoms with Crippen molar-refractivity contribution >= 4 is 27.5 Å². The Bertz CT molecular complexity index is 916. The lowest BCUT2D eigenvalue weighted by molar-refractivity contribution is 0.0318. The van der Waals surface area contributed by atoms with Gasteiger partial charge in [0, 0.05) is 51.2 Å². The predicted molar refractivity (Wildman–Crippen MR) is 105 cm³/mol. The molecule has 1 aliphatic heterocycles. The Balaban J connectivity index is 1.53. The maximum absolute atomic E-state index is 13.3. The molecule has 3 heterocycles. The summed E-state index contributed by atoms with van der Waals surface area (Å²) in [7, 11) is 1.95. The molecule has 1 saturated heterocycles. The minimum Gasteiger partial charge on any atom is -0.379 e. The SMILES string of the molecule is Cn1ccnc1CN(CCN1CCOCC1)C(=O)c1ccc2ncsc2c1. The van der Waals surface area contributed by atoms with E-state index in [1.165, 1.54) is 0 Å². The van der Waals surface area contributed by atoms with Crippen LogP contribution in [0.3, 0.4) is 0 Å². The van der Waals surface area contributed by atoms with Gasteiger partial charge in [-0.2, -0.15) is 0 Å². The minimum absolute atomic E-state index is 0.0292. The van der Waals surface area contributed by atoms with Crippen LogP contribution in [0.2, 0.25) is 0 Å². The second-order valence-electron chi connectivity index (χ2n) is 6.67. The van der Waals surface area contributed by atoms with Crippen LogP contribution in [-0.2, 0) is 18.3 Å². The van der Waals surface area contributed by atoms with Gasteiger partial charge >= 0.3 is 0 Å². The van der Waals surface area contributed by atoms with Gasteiger partial charge in [-0.1, -0.05) is 0 Å². The zero-order chi connectivity index (χ0) is 18.6. The molecule has 0 spiro atoms. The number of benzene rings is 1. The third kappa shape index (κ3) is 4.18. The van der Waals surface area contributed by atoms with Crippen LogP contribution in [0, 0.1) is 0 Å². The molecule has 4 rings (SSSR count). The molecule has 0 atom stereocenters. The molecule has 7 nitrogen and oxygen atoms in total. The Labute approximate surface area is 162 Å². The molecule has 0 N–H and O–H groups in total. The smallest absolute Gasteiger partial charge is 0.254 e. The zero-order valence-electron chi connectivity index (χ0n) is 15.4. The van der Waals surface area contributed by atoms with Gasteiger partial charge in [0.05, 0.1) is 35.5 Å². The molecule has 0 radical (unpaired) electrons. The number of carbonyl (C=O) groups excluding carboxylic acids is 1. The second kappa shape index (κ2) is 8.16. The molecule has 3 aromatic rings. The van der Waals surface area contributed by atoms with Crippen LogP contribution in [0.25, 0.3) is 10.2 Å². The molecule has 1 fully saturated rings. The van der Waals surface area contributed by atoms with Crippen molar-refractivity contribution < 1.29 is 9.53 Å². The number of aromatic nitrogens is 3. The number of thiazole rings is 1. The van der Waals surface area contributed by atoms with Crippen molar-refractivity contribution in [3.63, 3.8) is 0 Å². The van der Waals surface area contributed by atoms with E-state index in [2.05, 4.69) is 14.9 Å². The van der Waals surface area contributed by atoms with Crippen molar-refractivity contribution in [1.29, 1.82) is 0 Å². The summed E-state index contributed by atoms with van der Waals surface area (Å²) in [5.41, 5.74) is 3.44. The number of rotatable bonds is 6. The number of hydrogen-bond donors (Lipinski definition) is 0. The number of carbonyl (C=O) groups is 1. The van der Waals surface area contributed by atoms with Gasteiger partial charge in [0.25, 0.3) is 5.91 Å². The standard InChI is InChI=1S/C19H23N5O2S/c1-22-5-4-20-18(22)13-24(7-6-23-8-10-26-11-9-23)19(25)15-2-3-16-17(12-15)27-14-21-16/h2-5,12,14H,6-11,13H2,1H3. The van der Waals surface area contributed by atoms with Gasteiger partial charge in [-0.05, 0) is 18.2 Å². The van der Waals surface area contributed by atoms with Crippen molar-refractivity contribution in [3.8, 4) is 0 Å². The second-order valence-corrected chi connectivity index (χ2v) is 7.56. The van der Waals surface area contributed by atoms with E-state index in [9.17, 15) is 4.79 Å². The normalized spacial score (nSPS) is 15.3. The molecular formula is C19H23N5O2S. The third-order valence-corrected chi connectivity index (χ3v) is 5.70.